The second kappa shape index (κ2) is 7.03. The van der Waals surface area contributed by atoms with Gasteiger partial charge in [-0.1, -0.05) is 5.16 Å². The lowest BCUT2D eigenvalue weighted by Crippen LogP contribution is -2.29. The van der Waals surface area contributed by atoms with E-state index in [1.54, 1.807) is 6.07 Å². The second-order valence-electron chi connectivity index (χ2n) is 5.10. The molecule has 1 saturated carbocycles. The largest absolute Gasteiger partial charge is 0.409 e. The van der Waals surface area contributed by atoms with Crippen LogP contribution in [0.2, 0.25) is 0 Å². The van der Waals surface area contributed by atoms with Crippen LogP contribution in [-0.2, 0) is 11.3 Å². The van der Waals surface area contributed by atoms with E-state index in [-0.39, 0.29) is 11.7 Å². The van der Waals surface area contributed by atoms with E-state index >= 15 is 0 Å². The van der Waals surface area contributed by atoms with Crippen LogP contribution in [0, 0.1) is 5.82 Å². The Kier molecular flexibility index (Phi) is 5.10. The highest BCUT2D eigenvalue weighted by atomic mass is 19.1. The van der Waals surface area contributed by atoms with E-state index in [4.69, 9.17) is 10.9 Å². The van der Waals surface area contributed by atoms with Gasteiger partial charge in [0.15, 0.2) is 5.84 Å². The zero-order valence-corrected chi connectivity index (χ0v) is 11.6. The van der Waals surface area contributed by atoms with Crippen LogP contribution in [0.5, 0.6) is 0 Å². The van der Waals surface area contributed by atoms with Gasteiger partial charge in [0.25, 0.3) is 0 Å². The first-order valence-electron chi connectivity index (χ1n) is 6.86. The summed E-state index contributed by atoms with van der Waals surface area (Å²) in [4.78, 5) is 11.5. The smallest absolute Gasteiger partial charge is 0.221 e. The highest BCUT2D eigenvalue weighted by Gasteiger charge is 2.22. The van der Waals surface area contributed by atoms with Crippen molar-refractivity contribution in [3.05, 3.63) is 35.1 Å². The van der Waals surface area contributed by atoms with Gasteiger partial charge >= 0.3 is 0 Å². The maximum Gasteiger partial charge on any atom is 0.221 e. The quantitative estimate of drug-likeness (QED) is 0.195. The number of halogens is 1. The molecular formula is C14H19FN4O2. The minimum atomic E-state index is -0.456. The van der Waals surface area contributed by atoms with E-state index in [2.05, 4.69) is 15.8 Å². The maximum absolute atomic E-state index is 13.4. The third kappa shape index (κ3) is 5.03. The summed E-state index contributed by atoms with van der Waals surface area (Å²) in [5, 5.41) is 17.4. The monoisotopic (exact) mass is 294 g/mol. The molecule has 0 spiro atoms. The average Bonchev–Trinajstić information content (AvgIpc) is 3.26. The molecule has 0 bridgehead atoms. The third-order valence-corrected chi connectivity index (χ3v) is 3.16. The van der Waals surface area contributed by atoms with Crippen LogP contribution in [-0.4, -0.2) is 29.5 Å². The van der Waals surface area contributed by atoms with E-state index in [0.717, 1.165) is 12.8 Å². The Labute approximate surface area is 122 Å². The van der Waals surface area contributed by atoms with Gasteiger partial charge in [0.05, 0.1) is 0 Å². The van der Waals surface area contributed by atoms with Crippen molar-refractivity contribution in [3.63, 3.8) is 0 Å². The molecule has 1 aromatic carbocycles. The number of amides is 1. The van der Waals surface area contributed by atoms with Crippen molar-refractivity contribution in [2.24, 2.45) is 10.9 Å². The minimum absolute atomic E-state index is 0.0292. The summed E-state index contributed by atoms with van der Waals surface area (Å²) < 4.78 is 13.4. The molecule has 0 unspecified atom stereocenters. The molecule has 0 aromatic heterocycles. The van der Waals surface area contributed by atoms with E-state index in [1.807, 2.05) is 0 Å². The predicted octanol–water partition coefficient (Wildman–Crippen LogP) is 0.679. The molecule has 1 fully saturated rings. The molecule has 5 N–H and O–H groups in total. The van der Waals surface area contributed by atoms with E-state index < -0.39 is 5.82 Å². The number of oxime groups is 1. The first-order valence-corrected chi connectivity index (χ1v) is 6.86. The summed E-state index contributed by atoms with van der Waals surface area (Å²) >= 11 is 0. The summed E-state index contributed by atoms with van der Waals surface area (Å²) in [6, 6.07) is 4.56. The maximum atomic E-state index is 13.4. The molecule has 0 atom stereocenters. The summed E-state index contributed by atoms with van der Waals surface area (Å²) in [6.45, 7) is 0.911. The first kappa shape index (κ1) is 15.2. The van der Waals surface area contributed by atoms with E-state index in [1.165, 1.54) is 12.1 Å². The number of hydrogen-bond acceptors (Lipinski definition) is 4. The summed E-state index contributed by atoms with van der Waals surface area (Å²) in [7, 11) is 0. The highest BCUT2D eigenvalue weighted by Crippen LogP contribution is 2.18. The zero-order valence-electron chi connectivity index (χ0n) is 11.6. The minimum Gasteiger partial charge on any atom is -0.409 e. The highest BCUT2D eigenvalue weighted by molar-refractivity contribution is 5.97. The van der Waals surface area contributed by atoms with Gasteiger partial charge in [-0.05, 0) is 36.6 Å². The molecule has 21 heavy (non-hydrogen) atoms. The molecule has 6 nitrogen and oxygen atoms in total. The lowest BCUT2D eigenvalue weighted by molar-refractivity contribution is -0.121. The van der Waals surface area contributed by atoms with Gasteiger partial charge in [-0.2, -0.15) is 0 Å². The molecule has 7 heteroatoms. The number of nitrogens with two attached hydrogens (primary N) is 1. The molecular weight excluding hydrogens is 275 g/mol. The van der Waals surface area contributed by atoms with Crippen LogP contribution < -0.4 is 16.4 Å². The summed E-state index contributed by atoms with van der Waals surface area (Å²) in [5.74, 6) is -0.566. The van der Waals surface area contributed by atoms with Gasteiger partial charge in [-0.3, -0.25) is 4.79 Å². The Hall–Kier alpha value is -2.15. The summed E-state index contributed by atoms with van der Waals surface area (Å²) in [6.07, 6.45) is 2.52. The lowest BCUT2D eigenvalue weighted by Gasteiger charge is -2.07. The van der Waals surface area contributed by atoms with Crippen molar-refractivity contribution in [1.82, 2.24) is 10.6 Å². The van der Waals surface area contributed by atoms with Gasteiger partial charge in [0.2, 0.25) is 5.91 Å². The molecule has 0 aliphatic heterocycles. The molecule has 1 amide bonds. The van der Waals surface area contributed by atoms with Crippen LogP contribution >= 0.6 is 0 Å². The SMILES string of the molecule is N/C(=N/O)c1cc(F)cc(CNCCC(=O)NC2CC2)c1. The molecule has 0 radical (unpaired) electrons. The average molecular weight is 294 g/mol. The van der Waals surface area contributed by atoms with E-state index in [0.29, 0.717) is 36.7 Å². The third-order valence-electron chi connectivity index (χ3n) is 3.16. The predicted molar refractivity (Wildman–Crippen MR) is 76.4 cm³/mol. The number of nitrogens with zero attached hydrogens (tertiary/aromatic N) is 1. The number of hydrogen-bond donors (Lipinski definition) is 4. The van der Waals surface area contributed by atoms with Gasteiger partial charge in [-0.15, -0.1) is 0 Å². The number of rotatable bonds is 7. The van der Waals surface area contributed by atoms with Crippen molar-refractivity contribution in [2.45, 2.75) is 31.8 Å². The molecule has 1 aromatic rings. The van der Waals surface area contributed by atoms with Crippen LogP contribution in [0.4, 0.5) is 4.39 Å². The Balaban J connectivity index is 1.79. The fourth-order valence-corrected chi connectivity index (χ4v) is 1.92. The molecule has 1 aliphatic carbocycles. The van der Waals surface area contributed by atoms with Gasteiger partial charge in [0, 0.05) is 31.1 Å². The first-order chi connectivity index (χ1) is 10.1. The Morgan fingerprint density at radius 3 is 2.86 bits per heavy atom. The van der Waals surface area contributed by atoms with Crippen molar-refractivity contribution in [1.29, 1.82) is 0 Å². The standard InChI is InChI=1S/C14H19FN4O2/c15-11-6-9(5-10(7-11)14(16)19-21)8-17-4-3-13(20)18-12-1-2-12/h5-7,12,17,21H,1-4,8H2,(H2,16,19)(H,18,20). The number of benzene rings is 1. The molecule has 0 saturated heterocycles. The van der Waals surface area contributed by atoms with Gasteiger partial charge < -0.3 is 21.6 Å². The van der Waals surface area contributed by atoms with Crippen molar-refractivity contribution in [2.75, 3.05) is 6.54 Å². The normalized spacial score (nSPS) is 15.0. The number of amidine groups is 1. The Bertz CT molecular complexity index is 544. The van der Waals surface area contributed by atoms with Crippen LogP contribution in [0.15, 0.2) is 23.4 Å². The van der Waals surface area contributed by atoms with Gasteiger partial charge in [0.1, 0.15) is 5.82 Å². The number of carbonyl (C=O) groups is 1. The number of nitrogens with one attached hydrogen (secondary N) is 2. The number of carbonyl (C=O) groups excluding carboxylic acids is 1. The molecule has 2 rings (SSSR count). The van der Waals surface area contributed by atoms with Crippen molar-refractivity contribution >= 4 is 11.7 Å². The van der Waals surface area contributed by atoms with Gasteiger partial charge in [-0.25, -0.2) is 4.39 Å². The molecule has 114 valence electrons. The lowest BCUT2D eigenvalue weighted by atomic mass is 10.1. The van der Waals surface area contributed by atoms with Crippen molar-refractivity contribution < 1.29 is 14.4 Å². The summed E-state index contributed by atoms with van der Waals surface area (Å²) in [5.41, 5.74) is 6.42. The van der Waals surface area contributed by atoms with Crippen LogP contribution in [0.1, 0.15) is 30.4 Å². The fraction of sp³-hybridized carbons (Fsp3) is 0.429. The second-order valence-corrected chi connectivity index (χ2v) is 5.10. The Morgan fingerprint density at radius 2 is 2.19 bits per heavy atom. The molecule has 0 heterocycles. The van der Waals surface area contributed by atoms with Crippen molar-refractivity contribution in [3.8, 4) is 0 Å². The fourth-order valence-electron chi connectivity index (χ4n) is 1.92. The van der Waals surface area contributed by atoms with Crippen LogP contribution in [0.3, 0.4) is 0 Å². The zero-order chi connectivity index (χ0) is 15.2. The van der Waals surface area contributed by atoms with Crippen LogP contribution in [0.25, 0.3) is 0 Å². The van der Waals surface area contributed by atoms with E-state index in [9.17, 15) is 9.18 Å². The topological polar surface area (TPSA) is 99.7 Å². The Morgan fingerprint density at radius 1 is 1.43 bits per heavy atom. The molecule has 1 aliphatic rings.